The lowest BCUT2D eigenvalue weighted by atomic mass is 10.0. The molecule has 0 spiro atoms. The second kappa shape index (κ2) is 38.8. The van der Waals surface area contributed by atoms with Gasteiger partial charge in [-0.25, -0.2) is 0 Å². The molecule has 0 N–H and O–H groups in total. The van der Waals surface area contributed by atoms with Crippen molar-refractivity contribution < 1.29 is 9.59 Å². The molecule has 3 aromatic rings. The Kier molecular flexibility index (Phi) is 33.7. The highest BCUT2D eigenvalue weighted by molar-refractivity contribution is 7.27. The second-order valence-corrected chi connectivity index (χ2v) is 25.5. The maximum atomic E-state index is 14.2. The zero-order valence-electron chi connectivity index (χ0n) is 46.5. The Morgan fingerprint density at radius 2 is 0.657 bits per heavy atom. The topological polar surface area (TPSA) is 37.4 Å². The van der Waals surface area contributed by atoms with Gasteiger partial charge in [-0.15, -0.1) is 34.0 Å². The summed E-state index contributed by atoms with van der Waals surface area (Å²) in [6.07, 6.45) is 59.2. The second-order valence-electron chi connectivity index (χ2n) is 22.0. The van der Waals surface area contributed by atoms with Crippen LogP contribution >= 0.6 is 34.0 Å². The summed E-state index contributed by atoms with van der Waals surface area (Å²) in [5, 5.41) is 0. The van der Waals surface area contributed by atoms with Crippen LogP contribution in [-0.4, -0.2) is 23.3 Å². The molecule has 0 bridgehead atoms. The van der Waals surface area contributed by atoms with Gasteiger partial charge in [-0.3, -0.25) is 14.5 Å². The molecule has 398 valence electrons. The van der Waals surface area contributed by atoms with E-state index >= 15 is 0 Å². The summed E-state index contributed by atoms with van der Waals surface area (Å²) in [6, 6.07) is 4.91. The Morgan fingerprint density at radius 3 is 1.04 bits per heavy atom. The van der Waals surface area contributed by atoms with Gasteiger partial charge in [0.15, 0.2) is 0 Å². The average molecular weight is 1020 g/mol. The van der Waals surface area contributed by atoms with Crippen LogP contribution in [0.15, 0.2) is 12.1 Å². The van der Waals surface area contributed by atoms with Crippen LogP contribution in [0.25, 0.3) is 19.5 Å². The van der Waals surface area contributed by atoms with Crippen molar-refractivity contribution in [1.29, 1.82) is 0 Å². The van der Waals surface area contributed by atoms with Crippen molar-refractivity contribution in [2.75, 3.05) is 6.54 Å². The third kappa shape index (κ3) is 23.2. The van der Waals surface area contributed by atoms with Crippen LogP contribution < -0.4 is 0 Å². The molecular weight excluding hydrogens is 911 g/mol. The third-order valence-electron chi connectivity index (χ3n) is 15.5. The zero-order valence-corrected chi connectivity index (χ0v) is 48.9. The minimum atomic E-state index is -0.0570. The standard InChI is InChI=1S/C64H107NO2S3/c1-6-9-12-15-18-21-24-27-30-33-36-39-42-45-48-55-51-53(4)68-60(55)61-56(49-46-43-40-37-34-31-28-25-22-19-16-13-10-7-2)52-57(70-61)62-59-58(54(5)69-62)63(66)65(64(59)67)50-47-44-41-38-35-32-29-26-23-20-17-14-11-8-3/h51-52H,6-50H2,1-5H3. The first kappa shape index (κ1) is 60.8. The first-order valence-corrected chi connectivity index (χ1v) is 33.1. The highest BCUT2D eigenvalue weighted by Crippen LogP contribution is 2.49. The molecule has 4 rings (SSSR count). The van der Waals surface area contributed by atoms with E-state index in [1.165, 1.54) is 287 Å². The number of hydrogen-bond donors (Lipinski definition) is 0. The molecule has 0 saturated heterocycles. The Labute approximate surface area is 445 Å². The number of aryl methyl sites for hydroxylation is 4. The molecule has 1 aliphatic heterocycles. The van der Waals surface area contributed by atoms with Crippen LogP contribution in [0.4, 0.5) is 0 Å². The highest BCUT2D eigenvalue weighted by atomic mass is 32.1. The fraction of sp³-hybridized carbons (Fsp3) is 0.781. The minimum absolute atomic E-state index is 0.0528. The van der Waals surface area contributed by atoms with Gasteiger partial charge < -0.3 is 0 Å². The Balaban J connectivity index is 1.31. The van der Waals surface area contributed by atoms with Gasteiger partial charge >= 0.3 is 0 Å². The highest BCUT2D eigenvalue weighted by Gasteiger charge is 2.41. The molecule has 2 amide bonds. The van der Waals surface area contributed by atoms with Crippen LogP contribution in [0.1, 0.15) is 332 Å². The first-order chi connectivity index (χ1) is 34.4. The van der Waals surface area contributed by atoms with Gasteiger partial charge in [-0.1, -0.05) is 271 Å². The fourth-order valence-electron chi connectivity index (χ4n) is 11.1. The molecule has 0 fully saturated rings. The molecule has 6 heteroatoms. The van der Waals surface area contributed by atoms with Gasteiger partial charge in [0, 0.05) is 30.9 Å². The van der Waals surface area contributed by atoms with E-state index in [-0.39, 0.29) is 11.8 Å². The van der Waals surface area contributed by atoms with Crippen molar-refractivity contribution in [2.24, 2.45) is 0 Å². The molecule has 0 radical (unpaired) electrons. The largest absolute Gasteiger partial charge is 0.274 e. The SMILES string of the molecule is CCCCCCCCCCCCCCCCc1cc(C)sc1-c1sc(-c2sc(C)c3c2C(=O)N(CCCCCCCCCCCCCCCC)C3=O)cc1CCCCCCCCCCCCCCCC. The number of hydrogen-bond acceptors (Lipinski definition) is 5. The summed E-state index contributed by atoms with van der Waals surface area (Å²) >= 11 is 5.56. The summed E-state index contributed by atoms with van der Waals surface area (Å²) in [5.74, 6) is -0.110. The molecule has 3 aromatic heterocycles. The average Bonchev–Trinajstić information content (AvgIpc) is 4.11. The van der Waals surface area contributed by atoms with Crippen molar-refractivity contribution in [3.05, 3.63) is 44.1 Å². The maximum absolute atomic E-state index is 14.2. The normalized spacial score (nSPS) is 12.7. The molecular formula is C64H107NO2S3. The number of nitrogens with zero attached hydrogens (tertiary/aromatic N) is 1. The number of rotatable bonds is 47. The lowest BCUT2D eigenvalue weighted by Crippen LogP contribution is -2.31. The summed E-state index contributed by atoms with van der Waals surface area (Å²) in [7, 11) is 0. The van der Waals surface area contributed by atoms with Crippen LogP contribution in [0.3, 0.4) is 0 Å². The van der Waals surface area contributed by atoms with E-state index in [1.807, 2.05) is 22.7 Å². The molecule has 3 nitrogen and oxygen atoms in total. The number of unbranched alkanes of at least 4 members (excludes halogenated alkanes) is 39. The lowest BCUT2D eigenvalue weighted by molar-refractivity contribution is 0.0651. The summed E-state index contributed by atoms with van der Waals surface area (Å²) < 4.78 is 0. The van der Waals surface area contributed by atoms with E-state index < -0.39 is 0 Å². The van der Waals surface area contributed by atoms with Crippen LogP contribution in [0, 0.1) is 13.8 Å². The van der Waals surface area contributed by atoms with Crippen molar-refractivity contribution in [3.63, 3.8) is 0 Å². The number of thiophene rings is 3. The van der Waals surface area contributed by atoms with E-state index in [9.17, 15) is 9.59 Å². The first-order valence-electron chi connectivity index (χ1n) is 30.6. The van der Waals surface area contributed by atoms with E-state index in [2.05, 4.69) is 46.8 Å². The molecule has 70 heavy (non-hydrogen) atoms. The fourth-order valence-corrected chi connectivity index (χ4v) is 14.8. The predicted octanol–water partition coefficient (Wildman–Crippen LogP) is 22.9. The molecule has 0 atom stereocenters. The van der Waals surface area contributed by atoms with Crippen molar-refractivity contribution in [1.82, 2.24) is 4.90 Å². The van der Waals surface area contributed by atoms with E-state index in [0.29, 0.717) is 17.7 Å². The summed E-state index contributed by atoms with van der Waals surface area (Å²) in [6.45, 7) is 11.8. The Bertz CT molecular complexity index is 1800. The van der Waals surface area contributed by atoms with Crippen molar-refractivity contribution >= 4 is 45.8 Å². The number of carbonyl (C=O) groups excluding carboxylic acids is 2. The zero-order chi connectivity index (χ0) is 49.9. The van der Waals surface area contributed by atoms with Crippen LogP contribution in [0.5, 0.6) is 0 Å². The maximum Gasteiger partial charge on any atom is 0.263 e. The van der Waals surface area contributed by atoms with E-state index in [0.717, 1.165) is 35.4 Å². The van der Waals surface area contributed by atoms with Gasteiger partial charge in [0.25, 0.3) is 11.8 Å². The van der Waals surface area contributed by atoms with Crippen molar-refractivity contribution in [2.45, 2.75) is 317 Å². The minimum Gasteiger partial charge on any atom is -0.274 e. The summed E-state index contributed by atoms with van der Waals surface area (Å²) in [4.78, 5) is 37.3. The van der Waals surface area contributed by atoms with Crippen molar-refractivity contribution in [3.8, 4) is 19.5 Å². The monoisotopic (exact) mass is 1020 g/mol. The van der Waals surface area contributed by atoms with Gasteiger partial charge in [0.05, 0.1) is 16.0 Å². The van der Waals surface area contributed by atoms with Gasteiger partial charge in [0.2, 0.25) is 0 Å². The Hall–Kier alpha value is -1.76. The van der Waals surface area contributed by atoms with Crippen LogP contribution in [0.2, 0.25) is 0 Å². The molecule has 4 heterocycles. The molecule has 0 aromatic carbocycles. The van der Waals surface area contributed by atoms with Gasteiger partial charge in [-0.05, 0) is 69.2 Å². The number of fused-ring (bicyclic) bond motifs is 1. The van der Waals surface area contributed by atoms with Gasteiger partial charge in [0.1, 0.15) is 0 Å². The third-order valence-corrected chi connectivity index (χ3v) is 19.2. The quantitative estimate of drug-likeness (QED) is 0.0418. The Morgan fingerprint density at radius 1 is 0.343 bits per heavy atom. The van der Waals surface area contributed by atoms with E-state index in [1.54, 1.807) is 16.2 Å². The number of amides is 2. The smallest absolute Gasteiger partial charge is 0.263 e. The predicted molar refractivity (Wildman–Crippen MR) is 314 cm³/mol. The van der Waals surface area contributed by atoms with E-state index in [4.69, 9.17) is 0 Å². The lowest BCUT2D eigenvalue weighted by Gasteiger charge is -2.14. The van der Waals surface area contributed by atoms with Gasteiger partial charge in [-0.2, -0.15) is 0 Å². The molecule has 0 aliphatic carbocycles. The number of carbonyl (C=O) groups is 2. The number of imide groups is 1. The van der Waals surface area contributed by atoms with Crippen LogP contribution in [-0.2, 0) is 12.8 Å². The molecule has 1 aliphatic rings. The molecule has 0 unspecified atom stereocenters. The molecule has 0 saturated carbocycles. The summed E-state index contributed by atoms with van der Waals surface area (Å²) in [5.41, 5.74) is 4.36.